The Kier molecular flexibility index (Phi) is 5.15. The summed E-state index contributed by atoms with van der Waals surface area (Å²) in [5.41, 5.74) is 0.900. The van der Waals surface area contributed by atoms with Gasteiger partial charge in [-0.2, -0.15) is 0 Å². The molecule has 0 atom stereocenters. The number of hydrogen-bond donors (Lipinski definition) is 1. The second kappa shape index (κ2) is 6.39. The first-order valence-corrected chi connectivity index (χ1v) is 6.38. The van der Waals surface area contributed by atoms with Crippen LogP contribution in [0, 0.1) is 0 Å². The molecule has 0 aliphatic heterocycles. The van der Waals surface area contributed by atoms with Crippen LogP contribution in [0.5, 0.6) is 11.5 Å². The molecule has 0 saturated carbocycles. The molecule has 5 heteroatoms. The lowest BCUT2D eigenvalue weighted by Crippen LogP contribution is -2.19. The zero-order valence-electron chi connectivity index (χ0n) is 10.5. The van der Waals surface area contributed by atoms with E-state index in [0.29, 0.717) is 6.54 Å². The highest BCUT2D eigenvalue weighted by Crippen LogP contribution is 2.34. The SMILES string of the molecule is COc1cc(SC)c(OC)cc1CNC(C)=O. The minimum atomic E-state index is -0.0695. The minimum absolute atomic E-state index is 0.0695. The van der Waals surface area contributed by atoms with E-state index in [0.717, 1.165) is 22.0 Å². The van der Waals surface area contributed by atoms with Crippen LogP contribution in [0.2, 0.25) is 0 Å². The van der Waals surface area contributed by atoms with Gasteiger partial charge in [-0.3, -0.25) is 4.79 Å². The normalized spacial score (nSPS) is 9.88. The number of methoxy groups -OCH3 is 2. The highest BCUT2D eigenvalue weighted by molar-refractivity contribution is 7.98. The predicted octanol–water partition coefficient (Wildman–Crippen LogP) is 2.06. The molecule has 1 aromatic carbocycles. The summed E-state index contributed by atoms with van der Waals surface area (Å²) in [5.74, 6) is 1.47. The Hall–Kier alpha value is -1.36. The highest BCUT2D eigenvalue weighted by atomic mass is 32.2. The fourth-order valence-corrected chi connectivity index (χ4v) is 2.02. The maximum atomic E-state index is 10.9. The molecular weight excluding hydrogens is 238 g/mol. The molecule has 17 heavy (non-hydrogen) atoms. The van der Waals surface area contributed by atoms with Gasteiger partial charge in [-0.15, -0.1) is 11.8 Å². The van der Waals surface area contributed by atoms with E-state index in [-0.39, 0.29) is 5.91 Å². The van der Waals surface area contributed by atoms with Crippen molar-refractivity contribution in [1.82, 2.24) is 5.32 Å². The molecule has 1 aromatic rings. The molecule has 0 aliphatic carbocycles. The highest BCUT2D eigenvalue weighted by Gasteiger charge is 2.10. The van der Waals surface area contributed by atoms with Crippen molar-refractivity contribution in [3.05, 3.63) is 17.7 Å². The number of ether oxygens (including phenoxy) is 2. The summed E-state index contributed by atoms with van der Waals surface area (Å²) in [4.78, 5) is 11.9. The summed E-state index contributed by atoms with van der Waals surface area (Å²) in [6.45, 7) is 1.92. The molecule has 0 bridgehead atoms. The van der Waals surface area contributed by atoms with Gasteiger partial charge in [-0.1, -0.05) is 0 Å². The molecule has 0 aromatic heterocycles. The number of rotatable bonds is 5. The third-order valence-electron chi connectivity index (χ3n) is 2.31. The average Bonchev–Trinajstić information content (AvgIpc) is 2.34. The van der Waals surface area contributed by atoms with Crippen LogP contribution in [0.1, 0.15) is 12.5 Å². The second-order valence-electron chi connectivity index (χ2n) is 3.43. The molecule has 0 radical (unpaired) electrons. The second-order valence-corrected chi connectivity index (χ2v) is 4.28. The molecular formula is C12H17NO3S. The van der Waals surface area contributed by atoms with Gasteiger partial charge in [0.2, 0.25) is 5.91 Å². The van der Waals surface area contributed by atoms with E-state index in [1.54, 1.807) is 26.0 Å². The number of carbonyl (C=O) groups excluding carboxylic acids is 1. The van der Waals surface area contributed by atoms with Crippen LogP contribution < -0.4 is 14.8 Å². The number of nitrogens with one attached hydrogen (secondary N) is 1. The molecule has 1 N–H and O–H groups in total. The van der Waals surface area contributed by atoms with E-state index in [9.17, 15) is 4.79 Å². The van der Waals surface area contributed by atoms with E-state index in [1.165, 1.54) is 6.92 Å². The number of amides is 1. The van der Waals surface area contributed by atoms with Crippen molar-refractivity contribution in [1.29, 1.82) is 0 Å². The molecule has 0 fully saturated rings. The van der Waals surface area contributed by atoms with Gasteiger partial charge in [0, 0.05) is 19.0 Å². The molecule has 94 valence electrons. The van der Waals surface area contributed by atoms with Crippen molar-refractivity contribution in [2.75, 3.05) is 20.5 Å². The molecule has 0 unspecified atom stereocenters. The minimum Gasteiger partial charge on any atom is -0.496 e. The van der Waals surface area contributed by atoms with Gasteiger partial charge >= 0.3 is 0 Å². The van der Waals surface area contributed by atoms with Crippen molar-refractivity contribution >= 4 is 17.7 Å². The Labute approximate surface area is 106 Å². The number of hydrogen-bond acceptors (Lipinski definition) is 4. The zero-order valence-corrected chi connectivity index (χ0v) is 11.3. The first-order valence-electron chi connectivity index (χ1n) is 5.15. The van der Waals surface area contributed by atoms with E-state index in [1.807, 2.05) is 18.4 Å². The standard InChI is InChI=1S/C12H17NO3S/c1-8(14)13-7-9-5-11(16-3)12(17-4)6-10(9)15-2/h5-6H,7H2,1-4H3,(H,13,14). The van der Waals surface area contributed by atoms with Gasteiger partial charge in [-0.05, 0) is 18.4 Å². The number of benzene rings is 1. The Morgan fingerprint density at radius 3 is 2.41 bits per heavy atom. The molecule has 1 rings (SSSR count). The van der Waals surface area contributed by atoms with Crippen LogP contribution in [-0.4, -0.2) is 26.4 Å². The molecule has 0 spiro atoms. The summed E-state index contributed by atoms with van der Waals surface area (Å²) in [6, 6.07) is 3.81. The van der Waals surface area contributed by atoms with Crippen LogP contribution in [-0.2, 0) is 11.3 Å². The van der Waals surface area contributed by atoms with Gasteiger partial charge in [0.05, 0.1) is 19.1 Å². The van der Waals surface area contributed by atoms with Crippen molar-refractivity contribution in [2.24, 2.45) is 0 Å². The fourth-order valence-electron chi connectivity index (χ4n) is 1.45. The van der Waals surface area contributed by atoms with Gasteiger partial charge in [0.1, 0.15) is 11.5 Å². The Balaban J connectivity index is 3.05. The molecule has 1 amide bonds. The summed E-state index contributed by atoms with van der Waals surface area (Å²) < 4.78 is 10.6. The molecule has 0 aliphatic rings. The smallest absolute Gasteiger partial charge is 0.217 e. The van der Waals surface area contributed by atoms with Gasteiger partial charge in [0.25, 0.3) is 0 Å². The molecule has 0 heterocycles. The van der Waals surface area contributed by atoms with Crippen molar-refractivity contribution in [3.8, 4) is 11.5 Å². The Bertz CT molecular complexity index is 407. The van der Waals surface area contributed by atoms with Gasteiger partial charge in [0.15, 0.2) is 0 Å². The largest absolute Gasteiger partial charge is 0.496 e. The summed E-state index contributed by atoms with van der Waals surface area (Å²) in [5, 5.41) is 2.74. The zero-order chi connectivity index (χ0) is 12.8. The van der Waals surface area contributed by atoms with Crippen LogP contribution in [0.3, 0.4) is 0 Å². The Morgan fingerprint density at radius 2 is 1.94 bits per heavy atom. The van der Waals surface area contributed by atoms with Gasteiger partial charge < -0.3 is 14.8 Å². The maximum absolute atomic E-state index is 10.9. The molecule has 4 nitrogen and oxygen atoms in total. The van der Waals surface area contributed by atoms with Crippen LogP contribution in [0.25, 0.3) is 0 Å². The Morgan fingerprint density at radius 1 is 1.29 bits per heavy atom. The summed E-state index contributed by atoms with van der Waals surface area (Å²) in [7, 11) is 3.24. The third kappa shape index (κ3) is 3.56. The fraction of sp³-hybridized carbons (Fsp3) is 0.417. The topological polar surface area (TPSA) is 47.6 Å². The first kappa shape index (κ1) is 13.7. The average molecular weight is 255 g/mol. The maximum Gasteiger partial charge on any atom is 0.217 e. The van der Waals surface area contributed by atoms with Gasteiger partial charge in [-0.25, -0.2) is 0 Å². The summed E-state index contributed by atoms with van der Waals surface area (Å²) >= 11 is 1.59. The lowest BCUT2D eigenvalue weighted by atomic mass is 10.2. The van der Waals surface area contributed by atoms with E-state index in [2.05, 4.69) is 5.32 Å². The molecule has 0 saturated heterocycles. The van der Waals surface area contributed by atoms with Crippen LogP contribution in [0.4, 0.5) is 0 Å². The van der Waals surface area contributed by atoms with Crippen LogP contribution >= 0.6 is 11.8 Å². The summed E-state index contributed by atoms with van der Waals surface area (Å²) in [6.07, 6.45) is 1.98. The van der Waals surface area contributed by atoms with E-state index >= 15 is 0 Å². The van der Waals surface area contributed by atoms with Crippen molar-refractivity contribution in [3.63, 3.8) is 0 Å². The predicted molar refractivity (Wildman–Crippen MR) is 68.8 cm³/mol. The number of thioether (sulfide) groups is 1. The van der Waals surface area contributed by atoms with Crippen LogP contribution in [0.15, 0.2) is 17.0 Å². The lowest BCUT2D eigenvalue weighted by molar-refractivity contribution is -0.119. The lowest BCUT2D eigenvalue weighted by Gasteiger charge is -2.13. The monoisotopic (exact) mass is 255 g/mol. The van der Waals surface area contributed by atoms with E-state index in [4.69, 9.17) is 9.47 Å². The number of carbonyl (C=O) groups is 1. The van der Waals surface area contributed by atoms with Crippen molar-refractivity contribution < 1.29 is 14.3 Å². The third-order valence-corrected chi connectivity index (χ3v) is 3.07. The van der Waals surface area contributed by atoms with Crippen molar-refractivity contribution in [2.45, 2.75) is 18.4 Å². The first-order chi connectivity index (χ1) is 8.12. The quantitative estimate of drug-likeness (QED) is 0.818. The van der Waals surface area contributed by atoms with E-state index < -0.39 is 0 Å².